The Kier molecular flexibility index (Phi) is 2.09. The Hall–Kier alpha value is -1.84. The molecule has 4 nitrogen and oxygen atoms in total. The number of nitrogens with two attached hydrogens (primary N) is 1. The van der Waals surface area contributed by atoms with Gasteiger partial charge in [0.15, 0.2) is 6.29 Å². The van der Waals surface area contributed by atoms with Crippen molar-refractivity contribution in [2.75, 3.05) is 0 Å². The smallest absolute Gasteiger partial charge is 0.248 e. The summed E-state index contributed by atoms with van der Waals surface area (Å²) < 4.78 is 0. The van der Waals surface area contributed by atoms with Crippen LogP contribution in [0, 0.1) is 0 Å². The van der Waals surface area contributed by atoms with E-state index in [2.05, 4.69) is 0 Å². The fraction of sp³-hybridized carbons (Fsp3) is 0. The zero-order valence-electron chi connectivity index (χ0n) is 6.15. The highest BCUT2D eigenvalue weighted by molar-refractivity contribution is 5.95. The number of rotatable bonds is 2. The van der Waals surface area contributed by atoms with Crippen LogP contribution in [-0.4, -0.2) is 17.3 Å². The molecule has 1 amide bonds. The Labute approximate surface area is 68.6 Å². The minimum absolute atomic E-state index is 0.0614. The molecule has 0 aliphatic carbocycles. The van der Waals surface area contributed by atoms with Gasteiger partial charge in [0.05, 0.1) is 5.56 Å². The van der Waals surface area contributed by atoms with E-state index >= 15 is 0 Å². The highest BCUT2D eigenvalue weighted by Crippen LogP contribution is 2.15. The molecule has 0 radical (unpaired) electrons. The number of phenols is 1. The molecular weight excluding hydrogens is 158 g/mol. The fourth-order valence-corrected chi connectivity index (χ4v) is 0.802. The SMILES string of the molecule is NC(=O)c1ccc(O)c(C=O)c1. The molecular formula is C8H7NO3. The molecule has 0 aromatic heterocycles. The maximum atomic E-state index is 10.6. The van der Waals surface area contributed by atoms with Crippen LogP contribution in [0.25, 0.3) is 0 Å². The lowest BCUT2D eigenvalue weighted by molar-refractivity contribution is 0.100. The molecule has 1 aromatic carbocycles. The average molecular weight is 165 g/mol. The van der Waals surface area contributed by atoms with Crippen molar-refractivity contribution in [3.05, 3.63) is 29.3 Å². The second kappa shape index (κ2) is 3.04. The lowest BCUT2D eigenvalue weighted by Gasteiger charge is -1.98. The number of hydrogen-bond acceptors (Lipinski definition) is 3. The molecule has 0 fully saturated rings. The first-order chi connectivity index (χ1) is 5.65. The van der Waals surface area contributed by atoms with Crippen molar-refractivity contribution in [1.29, 1.82) is 0 Å². The number of carbonyl (C=O) groups is 2. The summed E-state index contributed by atoms with van der Waals surface area (Å²) in [6, 6.07) is 3.85. The van der Waals surface area contributed by atoms with E-state index in [0.29, 0.717) is 6.29 Å². The predicted octanol–water partition coefficient (Wildman–Crippen LogP) is 0.304. The highest BCUT2D eigenvalue weighted by Gasteiger charge is 2.04. The minimum atomic E-state index is -0.627. The van der Waals surface area contributed by atoms with Crippen molar-refractivity contribution in [1.82, 2.24) is 0 Å². The molecule has 12 heavy (non-hydrogen) atoms. The van der Waals surface area contributed by atoms with E-state index in [-0.39, 0.29) is 16.9 Å². The predicted molar refractivity (Wildman–Crippen MR) is 42.0 cm³/mol. The summed E-state index contributed by atoms with van der Waals surface area (Å²) in [5.74, 6) is -0.784. The molecule has 1 rings (SSSR count). The molecule has 0 bridgehead atoms. The van der Waals surface area contributed by atoms with Crippen LogP contribution in [0.5, 0.6) is 5.75 Å². The number of hydrogen-bond donors (Lipinski definition) is 2. The van der Waals surface area contributed by atoms with Crippen molar-refractivity contribution < 1.29 is 14.7 Å². The van der Waals surface area contributed by atoms with E-state index in [4.69, 9.17) is 10.8 Å². The Morgan fingerprint density at radius 3 is 2.67 bits per heavy atom. The average Bonchev–Trinajstić information content (AvgIpc) is 2.05. The molecule has 4 heteroatoms. The van der Waals surface area contributed by atoms with Crippen LogP contribution in [0.1, 0.15) is 20.7 Å². The van der Waals surface area contributed by atoms with Crippen LogP contribution in [0.15, 0.2) is 18.2 Å². The van der Waals surface area contributed by atoms with Crippen LogP contribution >= 0.6 is 0 Å². The van der Waals surface area contributed by atoms with E-state index in [1.165, 1.54) is 18.2 Å². The lowest BCUT2D eigenvalue weighted by atomic mass is 10.1. The largest absolute Gasteiger partial charge is 0.507 e. The van der Waals surface area contributed by atoms with Gasteiger partial charge in [-0.2, -0.15) is 0 Å². The second-order valence-electron chi connectivity index (χ2n) is 2.26. The number of aldehydes is 1. The zero-order valence-corrected chi connectivity index (χ0v) is 6.15. The Morgan fingerprint density at radius 2 is 2.17 bits per heavy atom. The number of phenolic OH excluding ortho intramolecular Hbond substituents is 1. The standard InChI is InChI=1S/C8H7NO3/c9-8(12)5-1-2-7(11)6(3-5)4-10/h1-4,11H,(H2,9,12). The van der Waals surface area contributed by atoms with Gasteiger partial charge in [-0.3, -0.25) is 9.59 Å². The van der Waals surface area contributed by atoms with E-state index in [1.807, 2.05) is 0 Å². The topological polar surface area (TPSA) is 80.4 Å². The van der Waals surface area contributed by atoms with Crippen molar-refractivity contribution in [2.45, 2.75) is 0 Å². The van der Waals surface area contributed by atoms with Gasteiger partial charge in [-0.15, -0.1) is 0 Å². The number of benzene rings is 1. The van der Waals surface area contributed by atoms with Gasteiger partial charge in [-0.1, -0.05) is 0 Å². The van der Waals surface area contributed by atoms with Gasteiger partial charge in [0.2, 0.25) is 5.91 Å². The van der Waals surface area contributed by atoms with Crippen molar-refractivity contribution in [3.8, 4) is 5.75 Å². The summed E-state index contributed by atoms with van der Waals surface area (Å²) in [4.78, 5) is 20.9. The molecule has 0 heterocycles. The maximum absolute atomic E-state index is 10.6. The van der Waals surface area contributed by atoms with Crippen LogP contribution < -0.4 is 5.73 Å². The van der Waals surface area contributed by atoms with Gasteiger partial charge in [0.25, 0.3) is 0 Å². The van der Waals surface area contributed by atoms with Gasteiger partial charge >= 0.3 is 0 Å². The minimum Gasteiger partial charge on any atom is -0.507 e. The van der Waals surface area contributed by atoms with Gasteiger partial charge in [-0.25, -0.2) is 0 Å². The third-order valence-corrected chi connectivity index (χ3v) is 1.44. The quantitative estimate of drug-likeness (QED) is 0.618. The van der Waals surface area contributed by atoms with Crippen molar-refractivity contribution in [2.24, 2.45) is 5.73 Å². The number of carbonyl (C=O) groups excluding carboxylic acids is 2. The number of aromatic hydroxyl groups is 1. The van der Waals surface area contributed by atoms with Crippen LogP contribution in [0.2, 0.25) is 0 Å². The zero-order chi connectivity index (χ0) is 9.14. The molecule has 0 aliphatic heterocycles. The Balaban J connectivity index is 3.22. The summed E-state index contributed by atoms with van der Waals surface area (Å²) in [6.45, 7) is 0. The summed E-state index contributed by atoms with van der Waals surface area (Å²) in [6.07, 6.45) is 0.460. The molecule has 0 unspecified atom stereocenters. The lowest BCUT2D eigenvalue weighted by Crippen LogP contribution is -2.10. The molecule has 0 saturated carbocycles. The van der Waals surface area contributed by atoms with E-state index in [9.17, 15) is 9.59 Å². The molecule has 0 spiro atoms. The summed E-state index contributed by atoms with van der Waals surface area (Å²) in [5, 5.41) is 9.03. The van der Waals surface area contributed by atoms with E-state index in [0.717, 1.165) is 0 Å². The third kappa shape index (κ3) is 1.42. The molecule has 1 aromatic rings. The molecule has 62 valence electrons. The van der Waals surface area contributed by atoms with Crippen LogP contribution in [0.3, 0.4) is 0 Å². The van der Waals surface area contributed by atoms with E-state index in [1.54, 1.807) is 0 Å². The van der Waals surface area contributed by atoms with Crippen LogP contribution in [-0.2, 0) is 0 Å². The Morgan fingerprint density at radius 1 is 1.50 bits per heavy atom. The second-order valence-corrected chi connectivity index (χ2v) is 2.26. The normalized spacial score (nSPS) is 9.33. The van der Waals surface area contributed by atoms with Crippen molar-refractivity contribution in [3.63, 3.8) is 0 Å². The molecule has 0 atom stereocenters. The van der Waals surface area contributed by atoms with Gasteiger partial charge in [-0.05, 0) is 18.2 Å². The first kappa shape index (κ1) is 8.26. The monoisotopic (exact) mass is 165 g/mol. The molecule has 0 saturated heterocycles. The fourth-order valence-electron chi connectivity index (χ4n) is 0.802. The maximum Gasteiger partial charge on any atom is 0.248 e. The van der Waals surface area contributed by atoms with Gasteiger partial charge < -0.3 is 10.8 Å². The van der Waals surface area contributed by atoms with Gasteiger partial charge in [0, 0.05) is 5.56 Å². The summed E-state index contributed by atoms with van der Waals surface area (Å²) in [5.41, 5.74) is 5.22. The van der Waals surface area contributed by atoms with Gasteiger partial charge in [0.1, 0.15) is 5.75 Å². The summed E-state index contributed by atoms with van der Waals surface area (Å²) >= 11 is 0. The summed E-state index contributed by atoms with van der Waals surface area (Å²) in [7, 11) is 0. The number of amides is 1. The van der Waals surface area contributed by atoms with E-state index < -0.39 is 5.91 Å². The highest BCUT2D eigenvalue weighted by atomic mass is 16.3. The molecule has 0 aliphatic rings. The molecule has 3 N–H and O–H groups in total. The first-order valence-electron chi connectivity index (χ1n) is 3.23. The third-order valence-electron chi connectivity index (χ3n) is 1.44. The first-order valence-corrected chi connectivity index (χ1v) is 3.23. The Bertz CT molecular complexity index is 333. The van der Waals surface area contributed by atoms with Crippen molar-refractivity contribution >= 4 is 12.2 Å². The van der Waals surface area contributed by atoms with Crippen LogP contribution in [0.4, 0.5) is 0 Å². The number of primary amides is 1.